The van der Waals surface area contributed by atoms with Gasteiger partial charge in [0.2, 0.25) is 0 Å². The van der Waals surface area contributed by atoms with Crippen molar-refractivity contribution in [1.82, 2.24) is 20.2 Å². The van der Waals surface area contributed by atoms with Crippen molar-refractivity contribution < 1.29 is 18.3 Å². The van der Waals surface area contributed by atoms with Gasteiger partial charge in [-0.2, -0.15) is 5.10 Å². The number of hydrogen-bond acceptors (Lipinski definition) is 5. The Labute approximate surface area is 171 Å². The van der Waals surface area contributed by atoms with E-state index in [4.69, 9.17) is 4.74 Å². The Balaban J connectivity index is 1.86. The van der Waals surface area contributed by atoms with E-state index in [1.807, 2.05) is 30.3 Å². The summed E-state index contributed by atoms with van der Waals surface area (Å²) in [7, 11) is 1.53. The summed E-state index contributed by atoms with van der Waals surface area (Å²) in [6, 6.07) is 13.2. The van der Waals surface area contributed by atoms with E-state index in [1.165, 1.54) is 7.11 Å². The normalized spacial score (nSPS) is 14.0. The summed E-state index contributed by atoms with van der Waals surface area (Å²) in [5, 5.41) is 9.59. The highest BCUT2D eigenvalue weighted by molar-refractivity contribution is 7.77. The standard InChI is InChI=1S/C20H22N4O4S/c1-13(24-29(26)27)19(14-6-4-3-5-7-14)23-20(25)15-8-9-17(18(10-15)28-2)16-11-21-22-12-16/h3-13,19,24H,1-2H3,(H,21,22)(H,23,25)(H,26,27)/p-1/t13?,19-/m1/s1. The number of aromatic amines is 1. The number of benzene rings is 2. The largest absolute Gasteiger partial charge is 0.760 e. The number of nitrogens with one attached hydrogen (secondary N) is 3. The third-order valence-electron chi connectivity index (χ3n) is 4.50. The monoisotopic (exact) mass is 413 g/mol. The van der Waals surface area contributed by atoms with E-state index in [1.54, 1.807) is 37.5 Å². The molecule has 1 amide bonds. The number of amides is 1. The number of hydrogen-bond donors (Lipinski definition) is 3. The first-order valence-electron chi connectivity index (χ1n) is 8.88. The van der Waals surface area contributed by atoms with E-state index in [0.717, 1.165) is 16.7 Å². The molecule has 29 heavy (non-hydrogen) atoms. The van der Waals surface area contributed by atoms with Crippen LogP contribution in [0.3, 0.4) is 0 Å². The molecule has 2 unspecified atom stereocenters. The Morgan fingerprint density at radius 2 is 2.00 bits per heavy atom. The molecule has 3 atom stereocenters. The SMILES string of the molecule is COc1cc(C(=O)N[C@@H](c2ccccc2)C(C)NS(=O)[O-])ccc1-c1cn[nH]c1. The molecular weight excluding hydrogens is 392 g/mol. The van der Waals surface area contributed by atoms with Gasteiger partial charge in [0.05, 0.1) is 19.3 Å². The van der Waals surface area contributed by atoms with Gasteiger partial charge < -0.3 is 14.6 Å². The second kappa shape index (κ2) is 9.46. The molecule has 1 aromatic heterocycles. The summed E-state index contributed by atoms with van der Waals surface area (Å²) in [6.07, 6.45) is 3.40. The van der Waals surface area contributed by atoms with Crippen molar-refractivity contribution in [2.24, 2.45) is 0 Å². The molecule has 9 heteroatoms. The van der Waals surface area contributed by atoms with Gasteiger partial charge in [0.15, 0.2) is 0 Å². The molecule has 0 aliphatic heterocycles. The predicted octanol–water partition coefficient (Wildman–Crippen LogP) is 2.33. The molecular formula is C20H21N4O4S-. The van der Waals surface area contributed by atoms with Crippen LogP contribution in [0, 0.1) is 0 Å². The molecule has 3 aromatic rings. The second-order valence-corrected chi connectivity index (χ2v) is 7.11. The Morgan fingerprint density at radius 1 is 1.24 bits per heavy atom. The van der Waals surface area contributed by atoms with E-state index in [-0.39, 0.29) is 5.91 Å². The Kier molecular flexibility index (Phi) is 6.76. The van der Waals surface area contributed by atoms with Crippen molar-refractivity contribution in [3.8, 4) is 16.9 Å². The highest BCUT2D eigenvalue weighted by Crippen LogP contribution is 2.30. The summed E-state index contributed by atoms with van der Waals surface area (Å²) < 4.78 is 30.0. The molecule has 0 aliphatic rings. The lowest BCUT2D eigenvalue weighted by Crippen LogP contribution is -2.42. The molecule has 1 heterocycles. The van der Waals surface area contributed by atoms with Crippen LogP contribution in [-0.2, 0) is 11.3 Å². The van der Waals surface area contributed by atoms with Crippen molar-refractivity contribution in [2.75, 3.05) is 7.11 Å². The van der Waals surface area contributed by atoms with Crippen molar-refractivity contribution >= 4 is 17.2 Å². The zero-order valence-electron chi connectivity index (χ0n) is 15.9. The number of nitrogens with zero attached hydrogens (tertiary/aromatic N) is 1. The van der Waals surface area contributed by atoms with Gasteiger partial charge in [-0.3, -0.25) is 14.1 Å². The van der Waals surface area contributed by atoms with Gasteiger partial charge in [0, 0.05) is 40.2 Å². The Hall–Kier alpha value is -3.01. The maximum atomic E-state index is 12.9. The average molecular weight is 413 g/mol. The van der Waals surface area contributed by atoms with Crippen LogP contribution in [0.25, 0.3) is 11.1 Å². The smallest absolute Gasteiger partial charge is 0.251 e. The molecule has 3 N–H and O–H groups in total. The predicted molar refractivity (Wildman–Crippen MR) is 109 cm³/mol. The molecule has 3 rings (SSSR count). The average Bonchev–Trinajstić information content (AvgIpc) is 3.26. The molecule has 0 spiro atoms. The molecule has 0 aliphatic carbocycles. The van der Waals surface area contributed by atoms with Crippen LogP contribution in [0.2, 0.25) is 0 Å². The van der Waals surface area contributed by atoms with Crippen LogP contribution in [0.5, 0.6) is 5.75 Å². The number of H-pyrrole nitrogens is 1. The molecule has 0 bridgehead atoms. The van der Waals surface area contributed by atoms with E-state index >= 15 is 0 Å². The summed E-state index contributed by atoms with van der Waals surface area (Å²) in [4.78, 5) is 12.9. The maximum absolute atomic E-state index is 12.9. The van der Waals surface area contributed by atoms with Crippen molar-refractivity contribution in [2.45, 2.75) is 19.0 Å². The first-order chi connectivity index (χ1) is 14.0. The molecule has 2 aromatic carbocycles. The van der Waals surface area contributed by atoms with Crippen molar-refractivity contribution in [3.63, 3.8) is 0 Å². The number of ether oxygens (including phenoxy) is 1. The maximum Gasteiger partial charge on any atom is 0.251 e. The summed E-state index contributed by atoms with van der Waals surface area (Å²) in [5.74, 6) is 0.184. The molecule has 0 saturated carbocycles. The molecule has 152 valence electrons. The number of carbonyl (C=O) groups excluding carboxylic acids is 1. The minimum Gasteiger partial charge on any atom is -0.760 e. The van der Waals surface area contributed by atoms with Crippen molar-refractivity contribution in [3.05, 3.63) is 72.1 Å². The number of rotatable bonds is 8. The van der Waals surface area contributed by atoms with Gasteiger partial charge >= 0.3 is 0 Å². The summed E-state index contributed by atoms with van der Waals surface area (Å²) in [6.45, 7) is 1.69. The Morgan fingerprint density at radius 3 is 2.62 bits per heavy atom. The molecule has 8 nitrogen and oxygen atoms in total. The van der Waals surface area contributed by atoms with Gasteiger partial charge in [-0.1, -0.05) is 30.3 Å². The van der Waals surface area contributed by atoms with E-state index in [0.29, 0.717) is 11.3 Å². The van der Waals surface area contributed by atoms with Gasteiger partial charge in [-0.15, -0.1) is 0 Å². The highest BCUT2D eigenvalue weighted by atomic mass is 32.2. The highest BCUT2D eigenvalue weighted by Gasteiger charge is 2.23. The topological polar surface area (TPSA) is 119 Å². The number of carbonyl (C=O) groups is 1. The molecule has 0 fully saturated rings. The first-order valence-corrected chi connectivity index (χ1v) is 9.95. The van der Waals surface area contributed by atoms with Crippen LogP contribution < -0.4 is 14.8 Å². The van der Waals surface area contributed by atoms with Crippen LogP contribution in [0.15, 0.2) is 60.9 Å². The lowest BCUT2D eigenvalue weighted by molar-refractivity contribution is 0.0929. The first kappa shape index (κ1) is 20.7. The summed E-state index contributed by atoms with van der Waals surface area (Å²) >= 11 is -2.45. The van der Waals surface area contributed by atoms with Crippen LogP contribution >= 0.6 is 0 Å². The quantitative estimate of drug-likeness (QED) is 0.490. The van der Waals surface area contributed by atoms with E-state index in [9.17, 15) is 13.6 Å². The lowest BCUT2D eigenvalue weighted by Gasteiger charge is -2.27. The fourth-order valence-electron chi connectivity index (χ4n) is 3.07. The van der Waals surface area contributed by atoms with Crippen molar-refractivity contribution in [1.29, 1.82) is 0 Å². The van der Waals surface area contributed by atoms with E-state index < -0.39 is 23.4 Å². The zero-order valence-corrected chi connectivity index (χ0v) is 16.7. The third-order valence-corrected chi connectivity index (χ3v) is 5.06. The lowest BCUT2D eigenvalue weighted by atomic mass is 10.00. The van der Waals surface area contributed by atoms with Gasteiger partial charge in [-0.25, -0.2) is 4.72 Å². The fraction of sp³-hybridized carbons (Fsp3) is 0.200. The third kappa shape index (κ3) is 5.08. The van der Waals surface area contributed by atoms with Crippen LogP contribution in [-0.4, -0.2) is 38.0 Å². The van der Waals surface area contributed by atoms with Crippen LogP contribution in [0.4, 0.5) is 0 Å². The molecule has 0 radical (unpaired) electrons. The van der Waals surface area contributed by atoms with Crippen LogP contribution in [0.1, 0.15) is 28.9 Å². The zero-order chi connectivity index (χ0) is 20.8. The Bertz CT molecular complexity index is 979. The number of methoxy groups -OCH3 is 1. The van der Waals surface area contributed by atoms with Gasteiger partial charge in [0.25, 0.3) is 5.91 Å². The fourth-order valence-corrected chi connectivity index (χ4v) is 3.51. The van der Waals surface area contributed by atoms with E-state index in [2.05, 4.69) is 20.2 Å². The summed E-state index contributed by atoms with van der Waals surface area (Å²) in [5.41, 5.74) is 2.82. The number of aromatic nitrogens is 2. The minimum atomic E-state index is -2.45. The van der Waals surface area contributed by atoms with Gasteiger partial charge in [-0.05, 0) is 30.7 Å². The molecule has 0 saturated heterocycles. The van der Waals surface area contributed by atoms with Gasteiger partial charge in [0.1, 0.15) is 5.75 Å². The minimum absolute atomic E-state index is 0.346. The second-order valence-electron chi connectivity index (χ2n) is 6.41.